The van der Waals surface area contributed by atoms with Gasteiger partial charge in [0, 0.05) is 0 Å². The van der Waals surface area contributed by atoms with Crippen molar-refractivity contribution in [1.29, 1.82) is 0 Å². The van der Waals surface area contributed by atoms with E-state index in [1.54, 1.807) is 0 Å². The molecule has 0 rings (SSSR count). The number of halogens is 3. The molecule has 0 spiro atoms. The molecule has 0 saturated heterocycles. The van der Waals surface area contributed by atoms with E-state index in [1.807, 2.05) is 0 Å². The molecule has 8 heteroatoms. The van der Waals surface area contributed by atoms with E-state index in [-0.39, 0.29) is 0 Å². The molecule has 12 heavy (non-hydrogen) atoms. The molecule has 0 N–H and O–H groups in total. The van der Waals surface area contributed by atoms with Crippen molar-refractivity contribution in [3.63, 3.8) is 0 Å². The summed E-state index contributed by atoms with van der Waals surface area (Å²) in [6.07, 6.45) is -1.52. The Kier molecular flexibility index (Phi) is 3.09. The molecule has 0 heterocycles. The van der Waals surface area contributed by atoms with Crippen molar-refractivity contribution in [2.45, 2.75) is 6.36 Å². The number of hydrogen-bond acceptors (Lipinski definition) is 3. The lowest BCUT2D eigenvalue weighted by Gasteiger charge is -2.24. The summed E-state index contributed by atoms with van der Waals surface area (Å²) in [4.78, 5) is 0. The van der Waals surface area contributed by atoms with Crippen molar-refractivity contribution < 1.29 is 25.8 Å². The molecule has 0 aliphatic carbocycles. The second-order valence-corrected chi connectivity index (χ2v) is 11.3. The van der Waals surface area contributed by atoms with Crippen LogP contribution >= 0.6 is 9.06 Å². The van der Waals surface area contributed by atoms with Crippen LogP contribution < -0.4 is 0 Å². The molecule has 0 saturated carbocycles. The first-order valence-electron chi connectivity index (χ1n) is 2.66. The van der Waals surface area contributed by atoms with Gasteiger partial charge in [-0.1, -0.05) is 0 Å². The maximum atomic E-state index is 11.5. The lowest BCUT2D eigenvalue weighted by molar-refractivity contribution is -0.270. The molecule has 3 nitrogen and oxygen atoms in total. The SMILES string of the molecule is CS(C)(C)S(=O)(=O)OC(F)(F)F. The first-order valence-corrected chi connectivity index (χ1v) is 7.45. The Bertz CT molecular complexity index is 248. The fourth-order valence-corrected chi connectivity index (χ4v) is 1.50. The molecule has 0 radical (unpaired) electrons. The van der Waals surface area contributed by atoms with Crippen LogP contribution in [0.25, 0.3) is 0 Å². The molecule has 0 amide bonds. The van der Waals surface area contributed by atoms with E-state index in [1.165, 1.54) is 18.8 Å². The van der Waals surface area contributed by atoms with Gasteiger partial charge in [0.05, 0.1) is 0 Å². The second kappa shape index (κ2) is 3.08. The topological polar surface area (TPSA) is 43.4 Å². The predicted octanol–water partition coefficient (Wildman–Crippen LogP) is 1.46. The van der Waals surface area contributed by atoms with Gasteiger partial charge in [-0.25, -0.2) is 0 Å². The fourth-order valence-electron chi connectivity index (χ4n) is 0.218. The number of hydrogen-bond donors (Lipinski definition) is 0. The van der Waals surface area contributed by atoms with Crippen LogP contribution in [0.15, 0.2) is 0 Å². The maximum absolute atomic E-state index is 11.5. The highest BCUT2D eigenvalue weighted by atomic mass is 33.2. The molecule has 0 aromatic carbocycles. The Morgan fingerprint density at radius 3 is 1.50 bits per heavy atom. The summed E-state index contributed by atoms with van der Waals surface area (Å²) >= 11 is 0. The van der Waals surface area contributed by atoms with Gasteiger partial charge in [0.1, 0.15) is 0 Å². The number of rotatable bonds is 2. The predicted molar refractivity (Wildman–Crippen MR) is 41.4 cm³/mol. The summed E-state index contributed by atoms with van der Waals surface area (Å²) in [7, 11) is -6.90. The van der Waals surface area contributed by atoms with E-state index in [0.29, 0.717) is 0 Å². The molecule has 0 aromatic heterocycles. The average molecular weight is 226 g/mol. The van der Waals surface area contributed by atoms with Crippen molar-refractivity contribution in [3.8, 4) is 0 Å². The van der Waals surface area contributed by atoms with E-state index in [4.69, 9.17) is 0 Å². The van der Waals surface area contributed by atoms with Crippen molar-refractivity contribution in [2.75, 3.05) is 18.8 Å². The third-order valence-corrected chi connectivity index (χ3v) is 6.31. The van der Waals surface area contributed by atoms with Crippen LogP contribution in [0.1, 0.15) is 0 Å². The Hall–Kier alpha value is 0.0500. The normalized spacial score (nSPS) is 16.2. The van der Waals surface area contributed by atoms with Gasteiger partial charge >= 0.3 is 15.5 Å². The van der Waals surface area contributed by atoms with Crippen molar-refractivity contribution in [1.82, 2.24) is 0 Å². The highest BCUT2D eigenvalue weighted by molar-refractivity contribution is 8.88. The molecule has 0 bridgehead atoms. The Balaban J connectivity index is 4.70. The van der Waals surface area contributed by atoms with Gasteiger partial charge in [-0.05, 0) is 18.8 Å². The van der Waals surface area contributed by atoms with Crippen LogP contribution in [-0.2, 0) is 13.3 Å². The Labute approximate surface area is 69.7 Å². The third kappa shape index (κ3) is 3.63. The van der Waals surface area contributed by atoms with E-state index in [0.717, 1.165) is 0 Å². The smallest absolute Gasteiger partial charge is 0.189 e. The van der Waals surface area contributed by atoms with Crippen LogP contribution in [0, 0.1) is 0 Å². The molecule has 0 fully saturated rings. The lowest BCUT2D eigenvalue weighted by Crippen LogP contribution is -2.22. The molecule has 0 aliphatic heterocycles. The lowest BCUT2D eigenvalue weighted by atomic mass is 11.4. The standard InChI is InChI=1S/C4H9F3O3S2/c1-11(2,3)12(8,9)10-4(5,6)7/h1-3H3. The minimum absolute atomic E-state index is 1.20. The van der Waals surface area contributed by atoms with E-state index >= 15 is 0 Å². The minimum atomic E-state index is -5.13. The zero-order valence-electron chi connectivity index (χ0n) is 6.68. The first kappa shape index (κ1) is 12.0. The van der Waals surface area contributed by atoms with Crippen LogP contribution in [0.3, 0.4) is 0 Å². The summed E-state index contributed by atoms with van der Waals surface area (Å²) in [6, 6.07) is 0. The monoisotopic (exact) mass is 226 g/mol. The number of alkyl halides is 3. The van der Waals surface area contributed by atoms with Gasteiger partial charge in [0.15, 0.2) is 0 Å². The average Bonchev–Trinajstić information content (AvgIpc) is 1.52. The van der Waals surface area contributed by atoms with E-state index in [2.05, 4.69) is 4.18 Å². The van der Waals surface area contributed by atoms with Crippen molar-refractivity contribution >= 4 is 18.2 Å². The summed E-state index contributed by atoms with van der Waals surface area (Å²) in [6.45, 7) is 0. The molecule has 0 unspecified atom stereocenters. The highest BCUT2D eigenvalue weighted by Gasteiger charge is 2.40. The molecule has 0 atom stereocenters. The minimum Gasteiger partial charge on any atom is -0.189 e. The van der Waals surface area contributed by atoms with Crippen molar-refractivity contribution in [3.05, 3.63) is 0 Å². The van der Waals surface area contributed by atoms with Gasteiger partial charge in [-0.2, -0.15) is 12.6 Å². The first-order chi connectivity index (χ1) is 4.96. The Morgan fingerprint density at radius 2 is 1.42 bits per heavy atom. The van der Waals surface area contributed by atoms with Crippen LogP contribution in [-0.4, -0.2) is 33.5 Å². The highest BCUT2D eigenvalue weighted by Crippen LogP contribution is 2.45. The van der Waals surface area contributed by atoms with Crippen LogP contribution in [0.4, 0.5) is 13.2 Å². The van der Waals surface area contributed by atoms with E-state index < -0.39 is 24.6 Å². The van der Waals surface area contributed by atoms with Gasteiger partial charge in [-0.15, -0.1) is 22.2 Å². The largest absolute Gasteiger partial charge is 0.537 e. The molecule has 76 valence electrons. The van der Waals surface area contributed by atoms with Gasteiger partial charge in [0.25, 0.3) is 0 Å². The molecular formula is C4H9F3O3S2. The maximum Gasteiger partial charge on any atom is 0.537 e. The van der Waals surface area contributed by atoms with Gasteiger partial charge in [0.2, 0.25) is 0 Å². The van der Waals surface area contributed by atoms with Crippen LogP contribution in [0.2, 0.25) is 0 Å². The summed E-state index contributed by atoms with van der Waals surface area (Å²) < 4.78 is 59.0. The fraction of sp³-hybridized carbons (Fsp3) is 1.00. The zero-order valence-corrected chi connectivity index (χ0v) is 8.31. The van der Waals surface area contributed by atoms with Crippen molar-refractivity contribution in [2.24, 2.45) is 0 Å². The molecule has 0 aliphatic rings. The van der Waals surface area contributed by atoms with Gasteiger partial charge in [-0.3, -0.25) is 0 Å². The zero-order chi connectivity index (χ0) is 10.2. The second-order valence-electron chi connectivity index (χ2n) is 2.66. The summed E-state index contributed by atoms with van der Waals surface area (Å²) in [5.74, 6) is 0. The van der Waals surface area contributed by atoms with E-state index in [9.17, 15) is 21.6 Å². The van der Waals surface area contributed by atoms with Gasteiger partial charge < -0.3 is 0 Å². The molecule has 0 aromatic rings. The summed E-state index contributed by atoms with van der Waals surface area (Å²) in [5.41, 5.74) is 0. The third-order valence-electron chi connectivity index (χ3n) is 0.809. The Morgan fingerprint density at radius 1 is 1.08 bits per heavy atom. The quantitative estimate of drug-likeness (QED) is 0.669. The van der Waals surface area contributed by atoms with Crippen LogP contribution in [0.5, 0.6) is 0 Å². The molecular weight excluding hydrogens is 217 g/mol. The summed E-state index contributed by atoms with van der Waals surface area (Å²) in [5, 5.41) is 0.